The van der Waals surface area contributed by atoms with Crippen LogP contribution in [-0.2, 0) is 11.3 Å². The summed E-state index contributed by atoms with van der Waals surface area (Å²) in [5, 5.41) is 5.01. The number of nitrogens with one attached hydrogen (secondary N) is 2. The average Bonchev–Trinajstić information content (AvgIpc) is 2.92. The molecule has 0 spiro atoms. The molecule has 5 nitrogen and oxygen atoms in total. The maximum atomic E-state index is 13.1. The largest absolute Gasteiger partial charge is 0.341 e. The first-order chi connectivity index (χ1) is 10.0. The van der Waals surface area contributed by atoms with Crippen LogP contribution in [0.2, 0.25) is 0 Å². The van der Waals surface area contributed by atoms with Gasteiger partial charge < -0.3 is 15.2 Å². The van der Waals surface area contributed by atoms with E-state index in [0.717, 1.165) is 12.1 Å². The summed E-state index contributed by atoms with van der Waals surface area (Å²) in [6, 6.07) is 5.66. The summed E-state index contributed by atoms with van der Waals surface area (Å²) in [6.07, 6.45) is 1.70. The predicted octanol–water partition coefficient (Wildman–Crippen LogP) is 1.52. The highest BCUT2D eigenvalue weighted by atomic mass is 19.2. The van der Waals surface area contributed by atoms with Gasteiger partial charge in [-0.15, -0.1) is 0 Å². The molecule has 1 unspecified atom stereocenters. The third kappa shape index (κ3) is 2.49. The van der Waals surface area contributed by atoms with Gasteiger partial charge in [0.1, 0.15) is 11.7 Å². The van der Waals surface area contributed by atoms with Gasteiger partial charge in [-0.25, -0.2) is 8.78 Å². The highest BCUT2D eigenvalue weighted by Gasteiger charge is 2.28. The standard InChI is InChI=1S/C14H11F2N3O2/c15-9-4-3-8(6-10(9)16)17-13(20)11-7-19-5-1-2-12(19)14(21)18-11/h1-6,11H,7H2,(H,17,20)(H,18,21). The topological polar surface area (TPSA) is 63.1 Å². The van der Waals surface area contributed by atoms with Crippen molar-refractivity contribution in [1.29, 1.82) is 0 Å². The van der Waals surface area contributed by atoms with Crippen molar-refractivity contribution < 1.29 is 18.4 Å². The summed E-state index contributed by atoms with van der Waals surface area (Å²) in [6.45, 7) is 0.281. The van der Waals surface area contributed by atoms with Gasteiger partial charge in [0.05, 0.1) is 6.54 Å². The van der Waals surface area contributed by atoms with E-state index >= 15 is 0 Å². The molecule has 0 bridgehead atoms. The smallest absolute Gasteiger partial charge is 0.268 e. The van der Waals surface area contributed by atoms with Gasteiger partial charge in [0.25, 0.3) is 5.91 Å². The molecule has 108 valence electrons. The van der Waals surface area contributed by atoms with Crippen LogP contribution in [-0.4, -0.2) is 22.4 Å². The highest BCUT2D eigenvalue weighted by molar-refractivity contribution is 6.01. The fraction of sp³-hybridized carbons (Fsp3) is 0.143. The first kappa shape index (κ1) is 13.3. The summed E-state index contributed by atoms with van der Waals surface area (Å²) in [5.74, 6) is -2.88. The number of fused-ring (bicyclic) bond motifs is 1. The van der Waals surface area contributed by atoms with Crippen molar-refractivity contribution in [1.82, 2.24) is 9.88 Å². The van der Waals surface area contributed by atoms with Crippen molar-refractivity contribution in [3.8, 4) is 0 Å². The van der Waals surface area contributed by atoms with E-state index in [4.69, 9.17) is 0 Å². The third-order valence-electron chi connectivity index (χ3n) is 3.25. The van der Waals surface area contributed by atoms with Crippen molar-refractivity contribution in [2.24, 2.45) is 0 Å². The molecular weight excluding hydrogens is 280 g/mol. The first-order valence-corrected chi connectivity index (χ1v) is 6.26. The van der Waals surface area contributed by atoms with E-state index in [-0.39, 0.29) is 18.1 Å². The number of rotatable bonds is 2. The quantitative estimate of drug-likeness (QED) is 0.881. The number of carbonyl (C=O) groups is 2. The molecule has 1 aliphatic heterocycles. The monoisotopic (exact) mass is 291 g/mol. The summed E-state index contributed by atoms with van der Waals surface area (Å²) in [5.41, 5.74) is 0.610. The van der Waals surface area contributed by atoms with Gasteiger partial charge in [0, 0.05) is 18.0 Å². The van der Waals surface area contributed by atoms with Crippen molar-refractivity contribution in [3.05, 3.63) is 53.9 Å². The van der Waals surface area contributed by atoms with Crippen LogP contribution in [0, 0.1) is 11.6 Å². The summed E-state index contributed by atoms with van der Waals surface area (Å²) < 4.78 is 27.6. The van der Waals surface area contributed by atoms with E-state index in [2.05, 4.69) is 10.6 Å². The molecule has 0 fully saturated rings. The normalized spacial score (nSPS) is 17.0. The van der Waals surface area contributed by atoms with E-state index in [9.17, 15) is 18.4 Å². The first-order valence-electron chi connectivity index (χ1n) is 6.26. The molecule has 0 saturated carbocycles. The molecule has 0 aliphatic carbocycles. The van der Waals surface area contributed by atoms with Crippen LogP contribution >= 0.6 is 0 Å². The maximum absolute atomic E-state index is 13.1. The molecule has 2 heterocycles. The number of hydrogen-bond acceptors (Lipinski definition) is 2. The lowest BCUT2D eigenvalue weighted by molar-refractivity contribution is -0.118. The lowest BCUT2D eigenvalue weighted by Gasteiger charge is -2.24. The molecular formula is C14H11F2N3O2. The molecule has 21 heavy (non-hydrogen) atoms. The van der Waals surface area contributed by atoms with E-state index in [0.29, 0.717) is 5.69 Å². The summed E-state index contributed by atoms with van der Waals surface area (Å²) in [4.78, 5) is 23.9. The van der Waals surface area contributed by atoms with E-state index in [1.807, 2.05) is 0 Å². The number of anilines is 1. The van der Waals surface area contributed by atoms with Crippen LogP contribution in [0.1, 0.15) is 10.5 Å². The summed E-state index contributed by atoms with van der Waals surface area (Å²) >= 11 is 0. The number of benzene rings is 1. The fourth-order valence-corrected chi connectivity index (χ4v) is 2.21. The molecule has 0 saturated heterocycles. The Morgan fingerprint density at radius 3 is 2.86 bits per heavy atom. The van der Waals surface area contributed by atoms with Crippen molar-refractivity contribution >= 4 is 17.5 Å². The Morgan fingerprint density at radius 2 is 2.10 bits per heavy atom. The Kier molecular flexibility index (Phi) is 3.17. The number of halogens is 2. The zero-order valence-electron chi connectivity index (χ0n) is 10.8. The average molecular weight is 291 g/mol. The Hall–Kier alpha value is -2.70. The molecule has 0 radical (unpaired) electrons. The second-order valence-corrected chi connectivity index (χ2v) is 4.69. The second kappa shape index (κ2) is 5.01. The highest BCUT2D eigenvalue weighted by Crippen LogP contribution is 2.15. The van der Waals surface area contributed by atoms with E-state index in [1.165, 1.54) is 6.07 Å². The van der Waals surface area contributed by atoms with Crippen molar-refractivity contribution in [2.75, 3.05) is 5.32 Å². The molecule has 1 aromatic carbocycles. The minimum Gasteiger partial charge on any atom is -0.341 e. The van der Waals surface area contributed by atoms with Crippen LogP contribution < -0.4 is 10.6 Å². The van der Waals surface area contributed by atoms with Crippen molar-refractivity contribution in [2.45, 2.75) is 12.6 Å². The fourth-order valence-electron chi connectivity index (χ4n) is 2.21. The molecule has 2 aromatic rings. The zero-order chi connectivity index (χ0) is 15.0. The van der Waals surface area contributed by atoms with E-state index < -0.39 is 23.6 Å². The SMILES string of the molecule is O=C1NC(C(=O)Nc2ccc(F)c(F)c2)Cn2cccc21. The van der Waals surface area contributed by atoms with Crippen LogP contribution in [0.15, 0.2) is 36.5 Å². The van der Waals surface area contributed by atoms with Gasteiger partial charge in [0.2, 0.25) is 5.91 Å². The van der Waals surface area contributed by atoms with Gasteiger partial charge >= 0.3 is 0 Å². The number of carbonyl (C=O) groups excluding carboxylic acids is 2. The minimum absolute atomic E-state index is 0.131. The number of aromatic nitrogens is 1. The minimum atomic E-state index is -1.05. The third-order valence-corrected chi connectivity index (χ3v) is 3.25. The Morgan fingerprint density at radius 1 is 1.29 bits per heavy atom. The van der Waals surface area contributed by atoms with Crippen LogP contribution in [0.5, 0.6) is 0 Å². The van der Waals surface area contributed by atoms with Gasteiger partial charge in [-0.2, -0.15) is 0 Å². The maximum Gasteiger partial charge on any atom is 0.268 e. The van der Waals surface area contributed by atoms with Crippen LogP contribution in [0.4, 0.5) is 14.5 Å². The Labute approximate surface area is 118 Å². The number of nitrogens with zero attached hydrogens (tertiary/aromatic N) is 1. The second-order valence-electron chi connectivity index (χ2n) is 4.69. The molecule has 1 aliphatic rings. The van der Waals surface area contributed by atoms with Gasteiger partial charge in [-0.05, 0) is 24.3 Å². The Balaban J connectivity index is 1.74. The lowest BCUT2D eigenvalue weighted by Crippen LogP contribution is -2.50. The Bertz CT molecular complexity index is 727. The van der Waals surface area contributed by atoms with E-state index in [1.54, 1.807) is 22.9 Å². The molecule has 7 heteroatoms. The number of amides is 2. The molecule has 2 N–H and O–H groups in total. The lowest BCUT2D eigenvalue weighted by atomic mass is 10.2. The van der Waals surface area contributed by atoms with Gasteiger partial charge in [-0.3, -0.25) is 9.59 Å². The number of hydrogen-bond donors (Lipinski definition) is 2. The van der Waals surface area contributed by atoms with Gasteiger partial charge in [0.15, 0.2) is 11.6 Å². The zero-order valence-corrected chi connectivity index (χ0v) is 10.8. The molecule has 1 atom stereocenters. The summed E-state index contributed by atoms with van der Waals surface area (Å²) in [7, 11) is 0. The molecule has 3 rings (SSSR count). The van der Waals surface area contributed by atoms with Crippen LogP contribution in [0.3, 0.4) is 0 Å². The molecule has 1 aromatic heterocycles. The molecule has 2 amide bonds. The van der Waals surface area contributed by atoms with Crippen molar-refractivity contribution in [3.63, 3.8) is 0 Å². The predicted molar refractivity (Wildman–Crippen MR) is 70.7 cm³/mol. The van der Waals surface area contributed by atoms with Crippen LogP contribution in [0.25, 0.3) is 0 Å². The van der Waals surface area contributed by atoms with Gasteiger partial charge in [-0.1, -0.05) is 0 Å².